The minimum Gasteiger partial charge on any atom is -0.454 e. The number of nitrogens with one attached hydrogen (secondary N) is 1. The fourth-order valence-corrected chi connectivity index (χ4v) is 4.65. The summed E-state index contributed by atoms with van der Waals surface area (Å²) in [6.07, 6.45) is 7.23. The minimum absolute atomic E-state index is 0.0711. The molecule has 1 unspecified atom stereocenters. The molecule has 8 nitrogen and oxygen atoms in total. The van der Waals surface area contributed by atoms with Crippen molar-refractivity contribution in [1.29, 1.82) is 0 Å². The first-order chi connectivity index (χ1) is 17.1. The van der Waals surface area contributed by atoms with Crippen molar-refractivity contribution in [3.8, 4) is 0 Å². The number of thiocarbonyl (C=S) groups is 1. The Balaban J connectivity index is 1.11. The first kappa shape index (κ1) is 24.9. The number of unbranched alkanes of at least 4 members (excludes halogenated alkanes) is 2. The van der Waals surface area contributed by atoms with Crippen LogP contribution in [0.25, 0.3) is 0 Å². The Morgan fingerprint density at radius 2 is 1.97 bits per heavy atom. The van der Waals surface area contributed by atoms with Crippen LogP contribution in [0.15, 0.2) is 59.0 Å². The number of benzene rings is 1. The lowest BCUT2D eigenvalue weighted by molar-refractivity contribution is -0.128. The second kappa shape index (κ2) is 12.0. The predicted molar refractivity (Wildman–Crippen MR) is 139 cm³/mol. The molecule has 0 saturated carbocycles. The summed E-state index contributed by atoms with van der Waals surface area (Å²) in [5.41, 5.74) is 1.81. The highest BCUT2D eigenvalue weighted by Gasteiger charge is 2.38. The molecular weight excluding hydrogens is 464 g/mol. The first-order valence-electron chi connectivity index (χ1n) is 12.3. The van der Waals surface area contributed by atoms with Gasteiger partial charge < -0.3 is 19.7 Å². The number of para-hydroxylation sites is 1. The summed E-state index contributed by atoms with van der Waals surface area (Å²) in [6.45, 7) is 5.29. The molecule has 9 heteroatoms. The van der Waals surface area contributed by atoms with Gasteiger partial charge in [-0.2, -0.15) is 0 Å². The van der Waals surface area contributed by atoms with E-state index in [2.05, 4.69) is 34.3 Å². The highest BCUT2D eigenvalue weighted by atomic mass is 32.1. The van der Waals surface area contributed by atoms with Crippen LogP contribution in [-0.2, 0) is 19.1 Å². The smallest absolute Gasteiger partial charge is 0.241 e. The molecule has 1 atom stereocenters. The van der Waals surface area contributed by atoms with E-state index in [1.807, 2.05) is 18.2 Å². The van der Waals surface area contributed by atoms with Crippen LogP contribution in [0, 0.1) is 5.92 Å². The van der Waals surface area contributed by atoms with Crippen molar-refractivity contribution >= 4 is 40.5 Å². The van der Waals surface area contributed by atoms with Crippen LogP contribution in [0.1, 0.15) is 39.0 Å². The number of rotatable bonds is 12. The van der Waals surface area contributed by atoms with Crippen LogP contribution in [0.4, 0.5) is 5.69 Å². The number of nitrogens with zero attached hydrogens (tertiary/aromatic N) is 3. The van der Waals surface area contributed by atoms with Gasteiger partial charge in [0.1, 0.15) is 5.92 Å². The van der Waals surface area contributed by atoms with Gasteiger partial charge in [-0.3, -0.25) is 14.5 Å². The third-order valence-electron chi connectivity index (χ3n) is 6.29. The summed E-state index contributed by atoms with van der Waals surface area (Å²) >= 11 is 5.36. The highest BCUT2D eigenvalue weighted by Crippen LogP contribution is 2.31. The normalized spacial score (nSPS) is 18.5. The summed E-state index contributed by atoms with van der Waals surface area (Å²) in [7, 11) is 0. The maximum absolute atomic E-state index is 13.0. The number of ether oxygens (including phenoxy) is 2. The van der Waals surface area contributed by atoms with Gasteiger partial charge in [0, 0.05) is 44.4 Å². The van der Waals surface area contributed by atoms with Gasteiger partial charge in [-0.1, -0.05) is 24.6 Å². The molecule has 2 aliphatic heterocycles. The zero-order chi connectivity index (χ0) is 24.6. The Bertz CT molecular complexity index is 1040. The van der Waals surface area contributed by atoms with Crippen molar-refractivity contribution in [3.05, 3.63) is 54.0 Å². The standard InChI is InChI=1S/C26H32N4O4S/c1-2-29(19-10-5-3-6-11-19)14-9-13-27-24(31)12-7-4-8-15-30-25(32)20-16-22-23(34-18-33-22)17-21(20)28-26(30)35/h3,5-6,10-11,16-17,20H,2,4,7-9,12-15,18H2,1H3,(H,27,31). The monoisotopic (exact) mass is 496 g/mol. The molecule has 2 amide bonds. The molecule has 0 aromatic heterocycles. The number of hydrogen-bond donors (Lipinski definition) is 1. The van der Waals surface area contributed by atoms with E-state index in [0.29, 0.717) is 36.7 Å². The van der Waals surface area contributed by atoms with Crippen molar-refractivity contribution in [2.75, 3.05) is 37.9 Å². The molecule has 35 heavy (non-hydrogen) atoms. The van der Waals surface area contributed by atoms with E-state index in [1.54, 1.807) is 17.1 Å². The van der Waals surface area contributed by atoms with E-state index >= 15 is 0 Å². The van der Waals surface area contributed by atoms with Crippen molar-refractivity contribution in [2.24, 2.45) is 10.9 Å². The third kappa shape index (κ3) is 6.28. The lowest BCUT2D eigenvalue weighted by Crippen LogP contribution is -2.46. The number of carbonyl (C=O) groups excluding carboxylic acids is 2. The molecule has 1 N–H and O–H groups in total. The zero-order valence-electron chi connectivity index (χ0n) is 20.1. The number of carbonyl (C=O) groups is 2. The summed E-state index contributed by atoms with van der Waals surface area (Å²) in [5, 5.41) is 3.30. The van der Waals surface area contributed by atoms with Gasteiger partial charge in [-0.15, -0.1) is 0 Å². The maximum Gasteiger partial charge on any atom is 0.241 e. The molecule has 1 aromatic carbocycles. The van der Waals surface area contributed by atoms with E-state index in [1.165, 1.54) is 5.69 Å². The molecule has 4 rings (SSSR count). The van der Waals surface area contributed by atoms with Crippen LogP contribution in [0.5, 0.6) is 0 Å². The number of fused-ring (bicyclic) bond motifs is 2. The molecule has 0 radical (unpaired) electrons. The molecule has 1 fully saturated rings. The largest absolute Gasteiger partial charge is 0.454 e. The second-order valence-corrected chi connectivity index (χ2v) is 9.03. The quantitative estimate of drug-likeness (QED) is 0.352. The molecule has 1 aromatic rings. The minimum atomic E-state index is -0.488. The van der Waals surface area contributed by atoms with Crippen molar-refractivity contribution in [3.63, 3.8) is 0 Å². The van der Waals surface area contributed by atoms with Crippen LogP contribution in [0.3, 0.4) is 0 Å². The lowest BCUT2D eigenvalue weighted by Gasteiger charge is -2.30. The average molecular weight is 497 g/mol. The summed E-state index contributed by atoms with van der Waals surface area (Å²) in [6, 6.07) is 10.3. The van der Waals surface area contributed by atoms with Crippen LogP contribution in [-0.4, -0.2) is 60.5 Å². The van der Waals surface area contributed by atoms with E-state index in [9.17, 15) is 9.59 Å². The first-order valence-corrected chi connectivity index (χ1v) is 12.7. The molecular formula is C26H32N4O4S. The van der Waals surface area contributed by atoms with Crippen molar-refractivity contribution < 1.29 is 19.1 Å². The number of aliphatic imine (C=N–C) groups is 1. The third-order valence-corrected chi connectivity index (χ3v) is 6.60. The van der Waals surface area contributed by atoms with Crippen molar-refractivity contribution in [1.82, 2.24) is 10.2 Å². The number of hydrogen-bond acceptors (Lipinski definition) is 6. The Kier molecular flexibility index (Phi) is 8.52. The molecule has 0 bridgehead atoms. The van der Waals surface area contributed by atoms with Gasteiger partial charge in [0.25, 0.3) is 0 Å². The zero-order valence-corrected chi connectivity index (χ0v) is 20.9. The van der Waals surface area contributed by atoms with Crippen molar-refractivity contribution in [2.45, 2.75) is 39.0 Å². The topological polar surface area (TPSA) is 83.5 Å². The van der Waals surface area contributed by atoms with Gasteiger partial charge in [0.15, 0.2) is 11.5 Å². The van der Waals surface area contributed by atoms with E-state index in [-0.39, 0.29) is 23.7 Å². The number of anilines is 1. The van der Waals surface area contributed by atoms with Crippen LogP contribution < -0.4 is 10.2 Å². The van der Waals surface area contributed by atoms with E-state index in [4.69, 9.17) is 21.7 Å². The molecule has 2 heterocycles. The number of amides is 2. The fraction of sp³-hybridized carbons (Fsp3) is 0.462. The van der Waals surface area contributed by atoms with Crippen LogP contribution in [0.2, 0.25) is 0 Å². The molecule has 1 saturated heterocycles. The Morgan fingerprint density at radius 3 is 2.77 bits per heavy atom. The molecule has 0 spiro atoms. The van der Waals surface area contributed by atoms with E-state index in [0.717, 1.165) is 38.8 Å². The molecule has 186 valence electrons. The SMILES string of the molecule is CCN(CCCNC(=O)CCCCCN1C(=O)C2C=C3OCOC3=CC2=NC1=S)c1ccccc1. The summed E-state index contributed by atoms with van der Waals surface area (Å²) < 4.78 is 10.8. The fourth-order valence-electron chi connectivity index (χ4n) is 4.37. The summed E-state index contributed by atoms with van der Waals surface area (Å²) in [5.74, 6) is 0.678. The summed E-state index contributed by atoms with van der Waals surface area (Å²) in [4.78, 5) is 33.4. The van der Waals surface area contributed by atoms with Gasteiger partial charge in [-0.05, 0) is 56.6 Å². The Hall–Kier alpha value is -3.20. The second-order valence-electron chi connectivity index (χ2n) is 8.66. The molecule has 1 aliphatic carbocycles. The van der Waals surface area contributed by atoms with E-state index < -0.39 is 5.92 Å². The van der Waals surface area contributed by atoms with Crippen LogP contribution >= 0.6 is 12.2 Å². The Labute approximate surface area is 211 Å². The predicted octanol–water partition coefficient (Wildman–Crippen LogP) is 3.55. The lowest BCUT2D eigenvalue weighted by atomic mass is 9.93. The molecule has 3 aliphatic rings. The Morgan fingerprint density at radius 1 is 1.17 bits per heavy atom. The van der Waals surface area contributed by atoms with Gasteiger partial charge >= 0.3 is 0 Å². The maximum atomic E-state index is 13.0. The highest BCUT2D eigenvalue weighted by molar-refractivity contribution is 7.80. The number of allylic oxidation sites excluding steroid dienone is 1. The van der Waals surface area contributed by atoms with Gasteiger partial charge in [0.2, 0.25) is 23.7 Å². The van der Waals surface area contributed by atoms with Gasteiger partial charge in [-0.25, -0.2) is 4.99 Å². The average Bonchev–Trinajstić information content (AvgIpc) is 3.32. The van der Waals surface area contributed by atoms with Gasteiger partial charge in [0.05, 0.1) is 5.71 Å².